The van der Waals surface area contributed by atoms with E-state index in [9.17, 15) is 0 Å². The van der Waals surface area contributed by atoms with Crippen molar-refractivity contribution in [2.75, 3.05) is 0 Å². The van der Waals surface area contributed by atoms with Gasteiger partial charge in [0.1, 0.15) is 0 Å². The molecule has 0 aromatic carbocycles. The predicted molar refractivity (Wildman–Crippen MR) is 67.5 cm³/mol. The fourth-order valence-electron chi connectivity index (χ4n) is 0.854. The highest BCUT2D eigenvalue weighted by Crippen LogP contribution is 2.25. The van der Waals surface area contributed by atoms with E-state index >= 15 is 0 Å². The van der Waals surface area contributed by atoms with Crippen molar-refractivity contribution in [2.45, 2.75) is 52.4 Å². The monoisotopic (exact) mass is 310 g/mol. The van der Waals surface area contributed by atoms with E-state index in [1.54, 1.807) is 0 Å². The van der Waals surface area contributed by atoms with Crippen molar-refractivity contribution in [2.24, 2.45) is 0 Å². The molecule has 0 heterocycles. The first-order valence-electron chi connectivity index (χ1n) is 5.40. The van der Waals surface area contributed by atoms with Crippen LogP contribution in [0.4, 0.5) is 0 Å². The van der Waals surface area contributed by atoms with Gasteiger partial charge in [-0.05, 0) is 0 Å². The van der Waals surface area contributed by atoms with Gasteiger partial charge in [0, 0.05) is 0 Å². The number of rotatable bonds is 5. The second-order valence-electron chi connectivity index (χ2n) is 3.38. The van der Waals surface area contributed by atoms with Crippen LogP contribution in [-0.2, 0) is 15.0 Å². The van der Waals surface area contributed by atoms with Crippen molar-refractivity contribution in [3.05, 3.63) is 0 Å². The molecule has 0 bridgehead atoms. The van der Waals surface area contributed by atoms with Crippen LogP contribution in [0.25, 0.3) is 0 Å². The van der Waals surface area contributed by atoms with Gasteiger partial charge in [0.05, 0.1) is 0 Å². The minimum atomic E-state index is -4.67. The summed E-state index contributed by atoms with van der Waals surface area (Å²) < 4.78 is 40.5. The molecule has 0 rings (SSSR count). The Hall–Kier alpha value is -0.0200. The molecule has 0 atom stereocenters. The molecule has 0 aliphatic rings. The first kappa shape index (κ1) is 23.1. The van der Waals surface area contributed by atoms with Crippen LogP contribution in [0.15, 0.2) is 0 Å². The van der Waals surface area contributed by atoms with Gasteiger partial charge in [-0.25, -0.2) is 4.57 Å². The molecular weight excluding hydrogens is 287 g/mol. The Morgan fingerprint density at radius 2 is 1.00 bits per heavy atom. The third-order valence-electron chi connectivity index (χ3n) is 1.46. The lowest BCUT2D eigenvalue weighted by atomic mass is 10.1. The molecule has 0 fully saturated rings. The largest absolute Gasteiger partial charge is 0.466 e. The number of hydrogen-bond donors (Lipinski definition) is 5. The maximum atomic E-state index is 8.88. The molecule has 0 unspecified atom stereocenters. The minimum Gasteiger partial charge on any atom is -0.303 e. The molecule has 5 N–H and O–H groups in total. The van der Waals surface area contributed by atoms with E-state index in [-0.39, 0.29) is 0 Å². The lowest BCUT2D eigenvalue weighted by Gasteiger charge is -1.93. The number of hydrogen-bond acceptors (Lipinski definition) is 3. The molecule has 18 heavy (non-hydrogen) atoms. The summed E-state index contributed by atoms with van der Waals surface area (Å²) in [5.41, 5.74) is 0. The van der Waals surface area contributed by atoms with Crippen molar-refractivity contribution in [3.8, 4) is 0 Å². The summed E-state index contributed by atoms with van der Waals surface area (Å²) in [5, 5.41) is 0. The summed E-state index contributed by atoms with van der Waals surface area (Å²) in [6, 6.07) is 0. The van der Waals surface area contributed by atoms with E-state index in [1.165, 1.54) is 38.5 Å². The van der Waals surface area contributed by atoms with Gasteiger partial charge in [0.15, 0.2) is 0 Å². The van der Waals surface area contributed by atoms with Crippen molar-refractivity contribution in [3.63, 3.8) is 0 Å². The van der Waals surface area contributed by atoms with E-state index in [2.05, 4.69) is 13.8 Å². The van der Waals surface area contributed by atoms with Gasteiger partial charge >= 0.3 is 18.2 Å². The smallest absolute Gasteiger partial charge is 0.303 e. The zero-order valence-corrected chi connectivity index (χ0v) is 12.3. The van der Waals surface area contributed by atoms with E-state index in [1.807, 2.05) is 0 Å². The van der Waals surface area contributed by atoms with Crippen LogP contribution in [0.2, 0.25) is 0 Å². The maximum absolute atomic E-state index is 8.88. The average molecular weight is 310 g/mol. The minimum absolute atomic E-state index is 1.36. The van der Waals surface area contributed by atoms with Gasteiger partial charge in [-0.3, -0.25) is 9.11 Å². The lowest BCUT2D eigenvalue weighted by molar-refractivity contribution is 0.275. The summed E-state index contributed by atoms with van der Waals surface area (Å²) >= 11 is 0. The molecule has 0 radical (unpaired) electrons. The second kappa shape index (κ2) is 13.4. The summed E-state index contributed by atoms with van der Waals surface area (Å²) in [4.78, 5) is 21.6. The Kier molecular flexibility index (Phi) is 17.2. The van der Waals surface area contributed by atoms with E-state index < -0.39 is 18.2 Å². The molecule has 0 aromatic rings. The highest BCUT2D eigenvalue weighted by atomic mass is 32.3. The SMILES string of the molecule is CCCCCCCC.O=P(O)(O)O.O=S(=O)(O)O. The topological polar surface area (TPSA) is 152 Å². The standard InChI is InChI=1S/C8H18.H3O4P.H2O4S/c1-3-5-7-8-6-4-2;2*1-5(2,3)4/h3-8H2,1-2H3;(H3,1,2,3,4);(H2,1,2,3,4). The molecule has 114 valence electrons. The highest BCUT2D eigenvalue weighted by Gasteiger charge is 2.00. The van der Waals surface area contributed by atoms with Crippen LogP contribution in [0.3, 0.4) is 0 Å². The van der Waals surface area contributed by atoms with Crippen molar-refractivity contribution in [1.82, 2.24) is 0 Å². The molecule has 10 heteroatoms. The zero-order chi connectivity index (χ0) is 15.2. The fraction of sp³-hybridized carbons (Fsp3) is 1.00. The number of phosphoric acid groups is 1. The highest BCUT2D eigenvalue weighted by molar-refractivity contribution is 7.79. The van der Waals surface area contributed by atoms with Gasteiger partial charge in [0.25, 0.3) is 0 Å². The predicted octanol–water partition coefficient (Wildman–Crippen LogP) is 1.79. The molecule has 0 aliphatic carbocycles. The van der Waals surface area contributed by atoms with Gasteiger partial charge in [-0.15, -0.1) is 0 Å². The number of unbranched alkanes of at least 4 members (excludes halogenated alkanes) is 5. The molecule has 0 saturated carbocycles. The van der Waals surface area contributed by atoms with E-state index in [0.717, 1.165) is 0 Å². The van der Waals surface area contributed by atoms with Crippen LogP contribution in [0.1, 0.15) is 52.4 Å². The van der Waals surface area contributed by atoms with Crippen LogP contribution in [0, 0.1) is 0 Å². The van der Waals surface area contributed by atoms with Crippen molar-refractivity contribution < 1.29 is 36.8 Å². The normalized spacial score (nSPS) is 10.8. The summed E-state index contributed by atoms with van der Waals surface area (Å²) in [6.45, 7) is 4.51. The van der Waals surface area contributed by atoms with Gasteiger partial charge < -0.3 is 14.7 Å². The van der Waals surface area contributed by atoms with Gasteiger partial charge in [0.2, 0.25) is 0 Å². The van der Waals surface area contributed by atoms with E-state index in [4.69, 9.17) is 36.8 Å². The first-order chi connectivity index (χ1) is 7.91. The van der Waals surface area contributed by atoms with Crippen LogP contribution < -0.4 is 0 Å². The molecule has 0 aromatic heterocycles. The zero-order valence-electron chi connectivity index (χ0n) is 10.6. The Balaban J connectivity index is -0.000000197. The molecule has 0 saturated heterocycles. The molecule has 0 spiro atoms. The summed E-state index contributed by atoms with van der Waals surface area (Å²) in [7, 11) is -9.31. The van der Waals surface area contributed by atoms with Crippen molar-refractivity contribution >= 4 is 18.2 Å². The second-order valence-corrected chi connectivity index (χ2v) is 5.30. The Labute approximate surface area is 108 Å². The van der Waals surface area contributed by atoms with Gasteiger partial charge in [-0.2, -0.15) is 8.42 Å². The average Bonchev–Trinajstić information content (AvgIpc) is 2.07. The Morgan fingerprint density at radius 1 is 0.833 bits per heavy atom. The molecule has 0 amide bonds. The Morgan fingerprint density at radius 3 is 1.11 bits per heavy atom. The van der Waals surface area contributed by atoms with Crippen LogP contribution in [-0.4, -0.2) is 32.2 Å². The third-order valence-corrected chi connectivity index (χ3v) is 1.46. The van der Waals surface area contributed by atoms with E-state index in [0.29, 0.717) is 0 Å². The van der Waals surface area contributed by atoms with Crippen molar-refractivity contribution in [1.29, 1.82) is 0 Å². The lowest BCUT2D eigenvalue weighted by Crippen LogP contribution is -1.89. The first-order valence-corrected chi connectivity index (χ1v) is 8.36. The van der Waals surface area contributed by atoms with Crippen LogP contribution in [0.5, 0.6) is 0 Å². The van der Waals surface area contributed by atoms with Crippen LogP contribution >= 0.6 is 7.82 Å². The molecular formula is C8H23O8PS. The Bertz CT molecular complexity index is 274. The maximum Gasteiger partial charge on any atom is 0.466 e. The third kappa shape index (κ3) is 145. The summed E-state index contributed by atoms with van der Waals surface area (Å²) in [5.74, 6) is 0. The fourth-order valence-corrected chi connectivity index (χ4v) is 0.854. The van der Waals surface area contributed by atoms with Gasteiger partial charge in [-0.1, -0.05) is 52.4 Å². The quantitative estimate of drug-likeness (QED) is 0.292. The molecule has 0 aliphatic heterocycles. The summed E-state index contributed by atoms with van der Waals surface area (Å²) in [6.07, 6.45) is 8.49. The molecule has 8 nitrogen and oxygen atoms in total.